The summed E-state index contributed by atoms with van der Waals surface area (Å²) in [5.74, 6) is -0.656. The van der Waals surface area contributed by atoms with Crippen molar-refractivity contribution in [2.45, 2.75) is 72.5 Å². The first kappa shape index (κ1) is 28.4. The smallest absolute Gasteiger partial charge is 0.244 e. The Labute approximate surface area is 210 Å². The van der Waals surface area contributed by atoms with Crippen molar-refractivity contribution < 1.29 is 18.0 Å². The van der Waals surface area contributed by atoms with Crippen molar-refractivity contribution in [1.29, 1.82) is 0 Å². The van der Waals surface area contributed by atoms with Crippen LogP contribution in [-0.4, -0.2) is 50.0 Å². The monoisotopic (exact) mass is 501 g/mol. The summed E-state index contributed by atoms with van der Waals surface area (Å²) in [6.45, 7) is 9.50. The molecule has 0 saturated heterocycles. The maximum Gasteiger partial charge on any atom is 0.244 e. The van der Waals surface area contributed by atoms with Gasteiger partial charge in [-0.3, -0.25) is 13.9 Å². The number of rotatable bonds is 12. The number of nitrogens with one attached hydrogen (secondary N) is 1. The van der Waals surface area contributed by atoms with Gasteiger partial charge in [0.2, 0.25) is 21.8 Å². The molecule has 1 N–H and O–H groups in total. The third kappa shape index (κ3) is 7.82. The molecule has 0 aliphatic heterocycles. The molecular formula is C27H39N3O4S. The van der Waals surface area contributed by atoms with E-state index in [-0.39, 0.29) is 25.0 Å². The lowest BCUT2D eigenvalue weighted by Crippen LogP contribution is -2.53. The fourth-order valence-corrected chi connectivity index (χ4v) is 4.90. The lowest BCUT2D eigenvalue weighted by atomic mass is 10.1. The van der Waals surface area contributed by atoms with E-state index in [2.05, 4.69) is 5.32 Å². The van der Waals surface area contributed by atoms with Crippen LogP contribution in [-0.2, 0) is 32.6 Å². The van der Waals surface area contributed by atoms with Gasteiger partial charge in [0, 0.05) is 12.6 Å². The number of hydrogen-bond donors (Lipinski definition) is 1. The number of hydrogen-bond acceptors (Lipinski definition) is 4. The van der Waals surface area contributed by atoms with Crippen LogP contribution >= 0.6 is 0 Å². The first-order valence-electron chi connectivity index (χ1n) is 12.2. The highest BCUT2D eigenvalue weighted by Crippen LogP contribution is 2.24. The van der Waals surface area contributed by atoms with Gasteiger partial charge in [0.1, 0.15) is 12.6 Å². The molecule has 8 heteroatoms. The van der Waals surface area contributed by atoms with Crippen molar-refractivity contribution in [2.24, 2.45) is 0 Å². The molecule has 7 nitrogen and oxygen atoms in total. The van der Waals surface area contributed by atoms with E-state index in [9.17, 15) is 18.0 Å². The molecule has 192 valence electrons. The summed E-state index contributed by atoms with van der Waals surface area (Å²) < 4.78 is 26.7. The summed E-state index contributed by atoms with van der Waals surface area (Å²) in [4.78, 5) is 28.4. The predicted molar refractivity (Wildman–Crippen MR) is 142 cm³/mol. The minimum Gasteiger partial charge on any atom is -0.352 e. The lowest BCUT2D eigenvalue weighted by molar-refractivity contribution is -0.140. The van der Waals surface area contributed by atoms with E-state index in [0.29, 0.717) is 18.5 Å². The summed E-state index contributed by atoms with van der Waals surface area (Å²) >= 11 is 0. The number of benzene rings is 2. The summed E-state index contributed by atoms with van der Waals surface area (Å²) in [6.07, 6.45) is 2.90. The zero-order valence-electron chi connectivity index (χ0n) is 21.7. The molecule has 0 aromatic heterocycles. The number of sulfonamides is 1. The Morgan fingerprint density at radius 3 is 2.26 bits per heavy atom. The second-order valence-corrected chi connectivity index (χ2v) is 10.9. The third-order valence-corrected chi connectivity index (χ3v) is 7.27. The minimum atomic E-state index is -3.75. The second-order valence-electron chi connectivity index (χ2n) is 9.00. The highest BCUT2D eigenvalue weighted by Gasteiger charge is 2.32. The molecule has 0 fully saturated rings. The normalized spacial score (nSPS) is 13.1. The molecule has 0 aliphatic carbocycles. The quantitative estimate of drug-likeness (QED) is 0.475. The SMILES string of the molecule is CCc1ccccc1N(CC(=O)N(Cc1cccc(C)c1)[C@@H](CC)C(=O)N[C@@H](C)CC)S(C)(=O)=O. The van der Waals surface area contributed by atoms with E-state index in [0.717, 1.165) is 33.7 Å². The van der Waals surface area contributed by atoms with Crippen LogP contribution in [0.4, 0.5) is 5.69 Å². The van der Waals surface area contributed by atoms with E-state index in [1.54, 1.807) is 12.1 Å². The Kier molecular flexibility index (Phi) is 10.3. The highest BCUT2D eigenvalue weighted by molar-refractivity contribution is 7.92. The van der Waals surface area contributed by atoms with E-state index in [4.69, 9.17) is 0 Å². The van der Waals surface area contributed by atoms with Crippen LogP contribution in [0.25, 0.3) is 0 Å². The number of carbonyl (C=O) groups is 2. The molecule has 0 saturated carbocycles. The van der Waals surface area contributed by atoms with Gasteiger partial charge in [-0.2, -0.15) is 0 Å². The Balaban J connectivity index is 2.48. The molecule has 35 heavy (non-hydrogen) atoms. The minimum absolute atomic E-state index is 0.0311. The fourth-order valence-electron chi connectivity index (χ4n) is 4.02. The third-order valence-electron chi connectivity index (χ3n) is 6.14. The van der Waals surface area contributed by atoms with E-state index < -0.39 is 22.0 Å². The first-order valence-corrected chi connectivity index (χ1v) is 14.1. The van der Waals surface area contributed by atoms with Gasteiger partial charge in [-0.05, 0) is 50.3 Å². The van der Waals surface area contributed by atoms with Crippen molar-refractivity contribution in [3.8, 4) is 0 Å². The molecule has 2 atom stereocenters. The average Bonchev–Trinajstić information content (AvgIpc) is 2.81. The number of amides is 2. The molecule has 0 radical (unpaired) electrons. The number of carbonyl (C=O) groups excluding carboxylic acids is 2. The van der Waals surface area contributed by atoms with Crippen LogP contribution in [0.1, 0.15) is 57.2 Å². The first-order chi connectivity index (χ1) is 16.5. The van der Waals surface area contributed by atoms with E-state index in [1.807, 2.05) is 71.0 Å². The molecule has 0 bridgehead atoms. The zero-order chi connectivity index (χ0) is 26.2. The molecule has 0 heterocycles. The summed E-state index contributed by atoms with van der Waals surface area (Å²) in [7, 11) is -3.75. The summed E-state index contributed by atoms with van der Waals surface area (Å²) in [5, 5.41) is 2.98. The van der Waals surface area contributed by atoms with Crippen molar-refractivity contribution >= 4 is 27.5 Å². The van der Waals surface area contributed by atoms with Crippen molar-refractivity contribution in [1.82, 2.24) is 10.2 Å². The maximum absolute atomic E-state index is 13.8. The van der Waals surface area contributed by atoms with Gasteiger partial charge in [0.05, 0.1) is 11.9 Å². The molecule has 0 spiro atoms. The molecular weight excluding hydrogens is 462 g/mol. The van der Waals surface area contributed by atoms with Gasteiger partial charge >= 0.3 is 0 Å². The number of nitrogens with zero attached hydrogens (tertiary/aromatic N) is 2. The van der Waals surface area contributed by atoms with Crippen molar-refractivity contribution in [3.05, 3.63) is 65.2 Å². The molecule has 2 aromatic carbocycles. The van der Waals surface area contributed by atoms with Gasteiger partial charge in [-0.25, -0.2) is 8.42 Å². The molecule has 2 aromatic rings. The number of aryl methyl sites for hydroxylation is 2. The second kappa shape index (κ2) is 12.7. The highest BCUT2D eigenvalue weighted by atomic mass is 32.2. The number of anilines is 1. The standard InChI is InChI=1S/C27H39N3O4S/c1-7-21(5)28-27(32)24(9-3)29(18-22-14-12-13-20(4)17-22)26(31)19-30(35(6,33)34)25-16-11-10-15-23(25)8-2/h10-17,21,24H,7-9,18-19H2,1-6H3,(H,28,32)/t21-,24-/m0/s1. The lowest BCUT2D eigenvalue weighted by Gasteiger charge is -2.33. The van der Waals surface area contributed by atoms with Crippen molar-refractivity contribution in [2.75, 3.05) is 17.1 Å². The summed E-state index contributed by atoms with van der Waals surface area (Å²) in [5.41, 5.74) is 3.24. The zero-order valence-corrected chi connectivity index (χ0v) is 22.6. The van der Waals surface area contributed by atoms with Gasteiger partial charge in [0.25, 0.3) is 0 Å². The van der Waals surface area contributed by atoms with Crippen molar-refractivity contribution in [3.63, 3.8) is 0 Å². The van der Waals surface area contributed by atoms with Crippen LogP contribution < -0.4 is 9.62 Å². The van der Waals surface area contributed by atoms with Crippen LogP contribution in [0.2, 0.25) is 0 Å². The van der Waals surface area contributed by atoms with E-state index in [1.165, 1.54) is 4.90 Å². The molecule has 2 rings (SSSR count). The van der Waals surface area contributed by atoms with E-state index >= 15 is 0 Å². The molecule has 0 unspecified atom stereocenters. The van der Waals surface area contributed by atoms with Crippen LogP contribution in [0, 0.1) is 6.92 Å². The van der Waals surface area contributed by atoms with Crippen LogP contribution in [0.3, 0.4) is 0 Å². The Morgan fingerprint density at radius 2 is 1.69 bits per heavy atom. The van der Waals surface area contributed by atoms with Gasteiger partial charge in [-0.1, -0.05) is 68.8 Å². The fraction of sp³-hybridized carbons (Fsp3) is 0.481. The average molecular weight is 502 g/mol. The van der Waals surface area contributed by atoms with Crippen LogP contribution in [0.5, 0.6) is 0 Å². The number of para-hydroxylation sites is 1. The molecule has 0 aliphatic rings. The Morgan fingerprint density at radius 1 is 1.00 bits per heavy atom. The topological polar surface area (TPSA) is 86.8 Å². The summed E-state index contributed by atoms with van der Waals surface area (Å²) in [6, 6.07) is 14.2. The van der Waals surface area contributed by atoms with Gasteiger partial charge in [-0.15, -0.1) is 0 Å². The molecule has 2 amide bonds. The van der Waals surface area contributed by atoms with Crippen LogP contribution in [0.15, 0.2) is 48.5 Å². The Bertz CT molecular complexity index is 1120. The predicted octanol–water partition coefficient (Wildman–Crippen LogP) is 4.05. The largest absolute Gasteiger partial charge is 0.352 e. The Hall–Kier alpha value is -2.87. The maximum atomic E-state index is 13.8. The van der Waals surface area contributed by atoms with Gasteiger partial charge < -0.3 is 10.2 Å². The van der Waals surface area contributed by atoms with Gasteiger partial charge in [0.15, 0.2) is 0 Å².